The van der Waals surface area contributed by atoms with Crippen molar-refractivity contribution >= 4 is 0 Å². The molecule has 8 heteroatoms. The van der Waals surface area contributed by atoms with Gasteiger partial charge in [-0.2, -0.15) is 13.2 Å². The van der Waals surface area contributed by atoms with Gasteiger partial charge in [0.15, 0.2) is 5.82 Å². The van der Waals surface area contributed by atoms with Crippen LogP contribution < -0.4 is 0 Å². The Labute approximate surface area is 99.9 Å². The summed E-state index contributed by atoms with van der Waals surface area (Å²) in [6.45, 7) is 0.0298. The van der Waals surface area contributed by atoms with E-state index in [2.05, 4.69) is 15.5 Å². The van der Waals surface area contributed by atoms with Gasteiger partial charge >= 0.3 is 6.18 Å². The zero-order valence-corrected chi connectivity index (χ0v) is 9.09. The number of hydrogen-bond acceptors (Lipinski definition) is 4. The first-order valence-electron chi connectivity index (χ1n) is 5.07. The lowest BCUT2D eigenvalue weighted by Gasteiger charge is -2.07. The van der Waals surface area contributed by atoms with Crippen molar-refractivity contribution in [2.75, 3.05) is 6.61 Å². The molecule has 0 amide bonds. The molecule has 2 rings (SSSR count). The second kappa shape index (κ2) is 4.73. The summed E-state index contributed by atoms with van der Waals surface area (Å²) < 4.78 is 38.5. The molecule has 2 aromatic rings. The Hall–Kier alpha value is -1.96. The quantitative estimate of drug-likeness (QED) is 0.902. The molecule has 0 saturated carbocycles. The molecule has 96 valence electrons. The van der Waals surface area contributed by atoms with E-state index >= 15 is 0 Å². The van der Waals surface area contributed by atoms with Gasteiger partial charge in [-0.15, -0.1) is 5.10 Å². The van der Waals surface area contributed by atoms with Crippen LogP contribution in [0.5, 0.6) is 0 Å². The first-order valence-corrected chi connectivity index (χ1v) is 5.07. The maximum atomic E-state index is 12.4. The molecule has 0 bridgehead atoms. The average molecular weight is 258 g/mol. The van der Waals surface area contributed by atoms with Crippen molar-refractivity contribution < 1.29 is 18.3 Å². The molecule has 1 aromatic carbocycles. The van der Waals surface area contributed by atoms with E-state index in [-0.39, 0.29) is 13.2 Å². The van der Waals surface area contributed by atoms with Gasteiger partial charge in [0.05, 0.1) is 18.7 Å². The van der Waals surface area contributed by atoms with E-state index in [1.807, 2.05) is 0 Å². The molecule has 0 unspecified atom stereocenters. The third kappa shape index (κ3) is 2.48. The van der Waals surface area contributed by atoms with Gasteiger partial charge in [-0.25, -0.2) is 4.68 Å². The highest BCUT2D eigenvalue weighted by molar-refractivity contribution is 5.55. The monoisotopic (exact) mass is 258 g/mol. The zero-order valence-electron chi connectivity index (χ0n) is 9.09. The largest absolute Gasteiger partial charge is 0.416 e. The smallest absolute Gasteiger partial charge is 0.394 e. The van der Waals surface area contributed by atoms with Crippen molar-refractivity contribution in [3.8, 4) is 11.4 Å². The first-order chi connectivity index (χ1) is 8.52. The SMILES string of the molecule is OCCn1nnnc1-c1ccc(C(F)(F)F)cc1. The van der Waals surface area contributed by atoms with Crippen LogP contribution in [0.15, 0.2) is 24.3 Å². The first kappa shape index (κ1) is 12.5. The molecule has 0 atom stereocenters. The summed E-state index contributed by atoms with van der Waals surface area (Å²) in [4.78, 5) is 0. The van der Waals surface area contributed by atoms with Crippen LogP contribution in [0.1, 0.15) is 5.56 Å². The third-order valence-electron chi connectivity index (χ3n) is 2.31. The number of aliphatic hydroxyl groups is 1. The van der Waals surface area contributed by atoms with Crippen LogP contribution in [0.3, 0.4) is 0 Å². The van der Waals surface area contributed by atoms with E-state index in [0.717, 1.165) is 12.1 Å². The topological polar surface area (TPSA) is 63.8 Å². The van der Waals surface area contributed by atoms with Crippen LogP contribution in [0, 0.1) is 0 Å². The molecule has 0 aliphatic rings. The van der Waals surface area contributed by atoms with Gasteiger partial charge in [0, 0.05) is 5.56 Å². The lowest BCUT2D eigenvalue weighted by molar-refractivity contribution is -0.137. The maximum absolute atomic E-state index is 12.4. The Balaban J connectivity index is 2.32. The highest BCUT2D eigenvalue weighted by Crippen LogP contribution is 2.30. The van der Waals surface area contributed by atoms with E-state index in [0.29, 0.717) is 11.4 Å². The van der Waals surface area contributed by atoms with Crippen molar-refractivity contribution in [1.82, 2.24) is 20.2 Å². The fraction of sp³-hybridized carbons (Fsp3) is 0.300. The zero-order chi connectivity index (χ0) is 13.2. The van der Waals surface area contributed by atoms with Crippen LogP contribution in [-0.2, 0) is 12.7 Å². The number of aromatic nitrogens is 4. The van der Waals surface area contributed by atoms with Crippen LogP contribution >= 0.6 is 0 Å². The molecule has 5 nitrogen and oxygen atoms in total. The summed E-state index contributed by atoms with van der Waals surface area (Å²) in [6.07, 6.45) is -4.37. The Morgan fingerprint density at radius 1 is 1.17 bits per heavy atom. The lowest BCUT2D eigenvalue weighted by atomic mass is 10.1. The fourth-order valence-corrected chi connectivity index (χ4v) is 1.47. The Kier molecular flexibility index (Phi) is 3.28. The summed E-state index contributed by atoms with van der Waals surface area (Å²) in [7, 11) is 0. The minimum atomic E-state index is -4.37. The number of alkyl halides is 3. The minimum absolute atomic E-state index is 0.154. The van der Waals surface area contributed by atoms with Crippen LogP contribution in [0.4, 0.5) is 13.2 Å². The summed E-state index contributed by atoms with van der Waals surface area (Å²) >= 11 is 0. The lowest BCUT2D eigenvalue weighted by Crippen LogP contribution is -2.07. The van der Waals surface area contributed by atoms with Gasteiger partial charge in [0.1, 0.15) is 0 Å². The number of tetrazole rings is 1. The van der Waals surface area contributed by atoms with E-state index < -0.39 is 11.7 Å². The molecular formula is C10H9F3N4O. The predicted octanol–water partition coefficient (Wildman–Crippen LogP) is 1.35. The summed E-state index contributed by atoms with van der Waals surface area (Å²) in [5, 5.41) is 19.5. The van der Waals surface area contributed by atoms with Crippen LogP contribution in [0.2, 0.25) is 0 Å². The summed E-state index contributed by atoms with van der Waals surface area (Å²) in [5.41, 5.74) is -0.270. The number of nitrogens with zero attached hydrogens (tertiary/aromatic N) is 4. The molecule has 0 spiro atoms. The fourth-order valence-electron chi connectivity index (χ4n) is 1.47. The normalized spacial score (nSPS) is 11.8. The van der Waals surface area contributed by atoms with E-state index in [9.17, 15) is 13.2 Å². The van der Waals surface area contributed by atoms with Crippen molar-refractivity contribution in [2.45, 2.75) is 12.7 Å². The van der Waals surface area contributed by atoms with Crippen molar-refractivity contribution in [3.63, 3.8) is 0 Å². The molecule has 0 fully saturated rings. The van der Waals surface area contributed by atoms with Gasteiger partial charge < -0.3 is 5.11 Å². The van der Waals surface area contributed by atoms with E-state index in [1.54, 1.807) is 0 Å². The predicted molar refractivity (Wildman–Crippen MR) is 55.3 cm³/mol. The molecule has 18 heavy (non-hydrogen) atoms. The number of rotatable bonds is 3. The Morgan fingerprint density at radius 3 is 2.39 bits per heavy atom. The minimum Gasteiger partial charge on any atom is -0.394 e. The standard InChI is InChI=1S/C10H9F3N4O/c11-10(12,13)8-3-1-7(2-4-8)9-14-15-16-17(9)5-6-18/h1-4,18H,5-6H2. The van der Waals surface area contributed by atoms with Gasteiger partial charge in [-0.3, -0.25) is 0 Å². The highest BCUT2D eigenvalue weighted by atomic mass is 19.4. The van der Waals surface area contributed by atoms with Crippen molar-refractivity contribution in [3.05, 3.63) is 29.8 Å². The third-order valence-corrected chi connectivity index (χ3v) is 2.31. The Morgan fingerprint density at radius 2 is 1.83 bits per heavy atom. The molecule has 0 aliphatic carbocycles. The van der Waals surface area contributed by atoms with Crippen LogP contribution in [-0.4, -0.2) is 31.9 Å². The van der Waals surface area contributed by atoms with E-state index in [1.165, 1.54) is 16.8 Å². The van der Waals surface area contributed by atoms with Gasteiger partial charge in [-0.05, 0) is 22.6 Å². The van der Waals surface area contributed by atoms with Crippen molar-refractivity contribution in [2.24, 2.45) is 0 Å². The molecule has 1 aromatic heterocycles. The van der Waals surface area contributed by atoms with Gasteiger partial charge in [-0.1, -0.05) is 12.1 Å². The highest BCUT2D eigenvalue weighted by Gasteiger charge is 2.30. The molecular weight excluding hydrogens is 249 g/mol. The number of aliphatic hydroxyl groups excluding tert-OH is 1. The van der Waals surface area contributed by atoms with Crippen molar-refractivity contribution in [1.29, 1.82) is 0 Å². The number of hydrogen-bond donors (Lipinski definition) is 1. The second-order valence-corrected chi connectivity index (χ2v) is 3.52. The van der Waals surface area contributed by atoms with Gasteiger partial charge in [0.25, 0.3) is 0 Å². The van der Waals surface area contributed by atoms with Crippen LogP contribution in [0.25, 0.3) is 11.4 Å². The van der Waals surface area contributed by atoms with E-state index in [4.69, 9.17) is 5.11 Å². The number of halogens is 3. The molecule has 0 aliphatic heterocycles. The maximum Gasteiger partial charge on any atom is 0.416 e. The Bertz CT molecular complexity index is 521. The van der Waals surface area contributed by atoms with Gasteiger partial charge in [0.2, 0.25) is 0 Å². The molecule has 1 heterocycles. The summed E-state index contributed by atoms with van der Waals surface area (Å²) in [5.74, 6) is 0.317. The average Bonchev–Trinajstić information content (AvgIpc) is 2.77. The molecule has 0 saturated heterocycles. The second-order valence-electron chi connectivity index (χ2n) is 3.52. The number of benzene rings is 1. The molecule has 0 radical (unpaired) electrons. The molecule has 1 N–H and O–H groups in total. The summed E-state index contributed by atoms with van der Waals surface area (Å²) in [6, 6.07) is 4.52.